The molecule has 98 valence electrons. The molecule has 0 aromatic heterocycles. The summed E-state index contributed by atoms with van der Waals surface area (Å²) in [5.74, 6) is 0.226. The van der Waals surface area contributed by atoms with Crippen LogP contribution in [0.3, 0.4) is 0 Å². The summed E-state index contributed by atoms with van der Waals surface area (Å²) in [6, 6.07) is 6.45. The SMILES string of the molecule is COC(=O)C1CN(C)Cc2cc(C(C)C)ccc21. The lowest BCUT2D eigenvalue weighted by atomic mass is 9.87. The van der Waals surface area contributed by atoms with E-state index in [1.807, 2.05) is 7.05 Å². The lowest BCUT2D eigenvalue weighted by Gasteiger charge is -2.31. The zero-order chi connectivity index (χ0) is 13.3. The van der Waals surface area contributed by atoms with Crippen LogP contribution in [-0.2, 0) is 16.1 Å². The van der Waals surface area contributed by atoms with Gasteiger partial charge in [-0.1, -0.05) is 32.0 Å². The molecule has 1 aliphatic rings. The number of methoxy groups -OCH3 is 1. The third-order valence-corrected chi connectivity index (χ3v) is 3.63. The first-order chi connectivity index (χ1) is 8.52. The van der Waals surface area contributed by atoms with Gasteiger partial charge in [-0.15, -0.1) is 0 Å². The molecule has 0 spiro atoms. The second-order valence-corrected chi connectivity index (χ2v) is 5.39. The molecule has 2 rings (SSSR count). The normalized spacial score (nSPS) is 19.7. The molecule has 1 unspecified atom stereocenters. The fourth-order valence-corrected chi connectivity index (χ4v) is 2.57. The molecule has 0 amide bonds. The van der Waals surface area contributed by atoms with Gasteiger partial charge in [-0.25, -0.2) is 0 Å². The van der Waals surface area contributed by atoms with Crippen molar-refractivity contribution in [2.24, 2.45) is 0 Å². The third-order valence-electron chi connectivity index (χ3n) is 3.63. The molecule has 3 heteroatoms. The molecule has 0 N–H and O–H groups in total. The molecule has 1 aliphatic heterocycles. The fraction of sp³-hybridized carbons (Fsp3) is 0.533. The highest BCUT2D eigenvalue weighted by Crippen LogP contribution is 2.30. The van der Waals surface area contributed by atoms with Crippen molar-refractivity contribution < 1.29 is 9.53 Å². The molecule has 0 aliphatic carbocycles. The smallest absolute Gasteiger partial charge is 0.314 e. The Balaban J connectivity index is 2.41. The second kappa shape index (κ2) is 5.11. The van der Waals surface area contributed by atoms with E-state index < -0.39 is 0 Å². The third kappa shape index (κ3) is 2.41. The summed E-state index contributed by atoms with van der Waals surface area (Å²) in [6.07, 6.45) is 0. The van der Waals surface area contributed by atoms with Gasteiger partial charge in [-0.2, -0.15) is 0 Å². The van der Waals surface area contributed by atoms with E-state index in [2.05, 4.69) is 36.9 Å². The van der Waals surface area contributed by atoms with Crippen LogP contribution in [0.5, 0.6) is 0 Å². The summed E-state index contributed by atoms with van der Waals surface area (Å²) in [4.78, 5) is 14.0. The Morgan fingerprint density at radius 2 is 2.17 bits per heavy atom. The van der Waals surface area contributed by atoms with E-state index in [1.54, 1.807) is 0 Å². The molecule has 3 nitrogen and oxygen atoms in total. The van der Waals surface area contributed by atoms with Crippen LogP contribution in [-0.4, -0.2) is 31.6 Å². The lowest BCUT2D eigenvalue weighted by Crippen LogP contribution is -2.34. The first-order valence-electron chi connectivity index (χ1n) is 6.42. The fourth-order valence-electron chi connectivity index (χ4n) is 2.57. The minimum absolute atomic E-state index is 0.139. The molecule has 0 radical (unpaired) electrons. The Hall–Kier alpha value is -1.35. The zero-order valence-corrected chi connectivity index (χ0v) is 11.6. The summed E-state index contributed by atoms with van der Waals surface area (Å²) in [5, 5.41) is 0. The van der Waals surface area contributed by atoms with Crippen molar-refractivity contribution in [2.75, 3.05) is 20.7 Å². The topological polar surface area (TPSA) is 29.5 Å². The minimum atomic E-state index is -0.148. The van der Waals surface area contributed by atoms with E-state index in [4.69, 9.17) is 4.74 Å². The van der Waals surface area contributed by atoms with E-state index in [9.17, 15) is 4.79 Å². The maximum absolute atomic E-state index is 11.8. The number of hydrogen-bond donors (Lipinski definition) is 0. The van der Waals surface area contributed by atoms with Crippen molar-refractivity contribution in [1.82, 2.24) is 4.90 Å². The summed E-state index contributed by atoms with van der Waals surface area (Å²) in [6.45, 7) is 6.02. The predicted molar refractivity (Wildman–Crippen MR) is 71.6 cm³/mol. The van der Waals surface area contributed by atoms with E-state index in [1.165, 1.54) is 18.2 Å². The summed E-state index contributed by atoms with van der Waals surface area (Å²) in [5.41, 5.74) is 3.71. The molecular formula is C15H21NO2. The van der Waals surface area contributed by atoms with Crippen LogP contribution in [0.4, 0.5) is 0 Å². The quantitative estimate of drug-likeness (QED) is 0.752. The highest BCUT2D eigenvalue weighted by Gasteiger charge is 2.29. The number of rotatable bonds is 2. The molecule has 18 heavy (non-hydrogen) atoms. The van der Waals surface area contributed by atoms with Crippen molar-refractivity contribution in [3.8, 4) is 0 Å². The second-order valence-electron chi connectivity index (χ2n) is 5.39. The predicted octanol–water partition coefficient (Wildman–Crippen LogP) is 2.51. The first-order valence-corrected chi connectivity index (χ1v) is 6.42. The average molecular weight is 247 g/mol. The van der Waals surface area contributed by atoms with Gasteiger partial charge in [0.25, 0.3) is 0 Å². The number of esters is 1. The van der Waals surface area contributed by atoms with Crippen LogP contribution in [0.15, 0.2) is 18.2 Å². The van der Waals surface area contributed by atoms with Gasteiger partial charge < -0.3 is 9.64 Å². The highest BCUT2D eigenvalue weighted by atomic mass is 16.5. The van der Waals surface area contributed by atoms with Gasteiger partial charge in [0.05, 0.1) is 13.0 Å². The first kappa shape index (κ1) is 13.1. The van der Waals surface area contributed by atoms with Crippen LogP contribution < -0.4 is 0 Å². The monoisotopic (exact) mass is 247 g/mol. The van der Waals surface area contributed by atoms with Crippen LogP contribution >= 0.6 is 0 Å². The van der Waals surface area contributed by atoms with Crippen LogP contribution in [0.25, 0.3) is 0 Å². The zero-order valence-electron chi connectivity index (χ0n) is 11.6. The number of fused-ring (bicyclic) bond motifs is 1. The van der Waals surface area contributed by atoms with Crippen molar-refractivity contribution in [1.29, 1.82) is 0 Å². The van der Waals surface area contributed by atoms with Gasteiger partial charge in [0.2, 0.25) is 0 Å². The molecule has 0 saturated heterocycles. The van der Waals surface area contributed by atoms with Gasteiger partial charge in [-0.3, -0.25) is 4.79 Å². The van der Waals surface area contributed by atoms with Crippen molar-refractivity contribution in [3.63, 3.8) is 0 Å². The number of hydrogen-bond acceptors (Lipinski definition) is 3. The highest BCUT2D eigenvalue weighted by molar-refractivity contribution is 5.79. The van der Waals surface area contributed by atoms with Gasteiger partial charge in [0.1, 0.15) is 0 Å². The molecule has 1 aromatic rings. The van der Waals surface area contributed by atoms with Gasteiger partial charge in [0.15, 0.2) is 0 Å². The average Bonchev–Trinajstić information content (AvgIpc) is 2.35. The Bertz CT molecular complexity index is 454. The number of ether oxygens (including phenoxy) is 1. The summed E-state index contributed by atoms with van der Waals surface area (Å²) in [7, 11) is 3.50. The molecule has 1 aromatic carbocycles. The van der Waals surface area contributed by atoms with Gasteiger partial charge >= 0.3 is 5.97 Å². The maximum Gasteiger partial charge on any atom is 0.314 e. The number of benzene rings is 1. The van der Waals surface area contributed by atoms with Crippen LogP contribution in [0.1, 0.15) is 42.4 Å². The van der Waals surface area contributed by atoms with Crippen LogP contribution in [0, 0.1) is 0 Å². The van der Waals surface area contributed by atoms with Crippen LogP contribution in [0.2, 0.25) is 0 Å². The Morgan fingerprint density at radius 1 is 1.44 bits per heavy atom. The summed E-state index contributed by atoms with van der Waals surface area (Å²) >= 11 is 0. The Labute approximate surface area is 109 Å². The van der Waals surface area contributed by atoms with E-state index in [0.29, 0.717) is 5.92 Å². The molecule has 0 saturated carbocycles. The lowest BCUT2D eigenvalue weighted by molar-refractivity contribution is -0.143. The molecule has 0 bridgehead atoms. The molecule has 0 fully saturated rings. The standard InChI is InChI=1S/C15H21NO2/c1-10(2)11-5-6-13-12(7-11)8-16(3)9-14(13)15(17)18-4/h5-7,10,14H,8-9H2,1-4H3. The maximum atomic E-state index is 11.8. The molecule has 1 atom stereocenters. The van der Waals surface area contributed by atoms with Gasteiger partial charge in [0, 0.05) is 13.1 Å². The number of carbonyl (C=O) groups is 1. The van der Waals surface area contributed by atoms with E-state index in [-0.39, 0.29) is 11.9 Å². The molecule has 1 heterocycles. The Kier molecular flexibility index (Phi) is 3.71. The largest absolute Gasteiger partial charge is 0.469 e. The van der Waals surface area contributed by atoms with Crippen molar-refractivity contribution >= 4 is 5.97 Å². The number of carbonyl (C=O) groups excluding carboxylic acids is 1. The minimum Gasteiger partial charge on any atom is -0.469 e. The van der Waals surface area contributed by atoms with E-state index >= 15 is 0 Å². The summed E-state index contributed by atoms with van der Waals surface area (Å²) < 4.78 is 4.91. The van der Waals surface area contributed by atoms with Crippen molar-refractivity contribution in [3.05, 3.63) is 34.9 Å². The number of nitrogens with zero attached hydrogens (tertiary/aromatic N) is 1. The Morgan fingerprint density at radius 3 is 2.78 bits per heavy atom. The van der Waals surface area contributed by atoms with Gasteiger partial charge in [-0.05, 0) is 29.7 Å². The number of likely N-dealkylation sites (N-methyl/N-ethyl adjacent to an activating group) is 1. The van der Waals surface area contributed by atoms with E-state index in [0.717, 1.165) is 18.7 Å². The van der Waals surface area contributed by atoms with Crippen molar-refractivity contribution in [2.45, 2.75) is 32.2 Å². The molecular weight excluding hydrogens is 226 g/mol.